The number of methoxy groups -OCH3 is 2. The molecule has 0 aliphatic heterocycles. The van der Waals surface area contributed by atoms with Crippen molar-refractivity contribution < 1.29 is 24.2 Å². The van der Waals surface area contributed by atoms with Crippen LogP contribution in [0.25, 0.3) is 6.08 Å². The van der Waals surface area contributed by atoms with Gasteiger partial charge in [0.1, 0.15) is 5.75 Å². The molecule has 0 aromatic heterocycles. The van der Waals surface area contributed by atoms with E-state index in [-0.39, 0.29) is 12.0 Å². The Bertz CT molecular complexity index is 459. The minimum Gasteiger partial charge on any atom is -0.497 e. The maximum absolute atomic E-state index is 11.1. The molecule has 0 saturated carbocycles. The van der Waals surface area contributed by atoms with Crippen molar-refractivity contribution in [1.29, 1.82) is 0 Å². The minimum atomic E-state index is -1.14. The summed E-state index contributed by atoms with van der Waals surface area (Å²) in [4.78, 5) is 22.0. The molecule has 1 aromatic carbocycles. The first-order valence-corrected chi connectivity index (χ1v) is 5.21. The third-order valence-corrected chi connectivity index (χ3v) is 2.29. The summed E-state index contributed by atoms with van der Waals surface area (Å²) in [5, 5.41) is 8.98. The van der Waals surface area contributed by atoms with Crippen molar-refractivity contribution in [2.24, 2.45) is 0 Å². The van der Waals surface area contributed by atoms with Crippen molar-refractivity contribution in [2.75, 3.05) is 14.2 Å². The van der Waals surface area contributed by atoms with E-state index in [0.29, 0.717) is 11.3 Å². The highest BCUT2D eigenvalue weighted by Crippen LogP contribution is 2.15. The van der Waals surface area contributed by atoms with Gasteiger partial charge in [0.15, 0.2) is 0 Å². The van der Waals surface area contributed by atoms with Crippen LogP contribution in [0.5, 0.6) is 5.75 Å². The van der Waals surface area contributed by atoms with Crippen LogP contribution in [0.15, 0.2) is 29.8 Å². The molecule has 0 spiro atoms. The lowest BCUT2D eigenvalue weighted by atomic mass is 10.1. The third kappa shape index (κ3) is 3.93. The number of ether oxygens (including phenoxy) is 2. The summed E-state index contributed by atoms with van der Waals surface area (Å²) in [7, 11) is 2.76. The fourth-order valence-electron chi connectivity index (χ4n) is 1.32. The topological polar surface area (TPSA) is 72.8 Å². The molecular weight excluding hydrogens is 236 g/mol. The van der Waals surface area contributed by atoms with E-state index < -0.39 is 11.9 Å². The molecule has 0 heterocycles. The van der Waals surface area contributed by atoms with Gasteiger partial charge in [-0.25, -0.2) is 4.79 Å². The molecular formula is C13H14O5. The lowest BCUT2D eigenvalue weighted by Gasteiger charge is -2.03. The number of rotatable bonds is 5. The summed E-state index contributed by atoms with van der Waals surface area (Å²) >= 11 is 0. The highest BCUT2D eigenvalue weighted by Gasteiger charge is 2.13. The summed E-state index contributed by atoms with van der Waals surface area (Å²) < 4.78 is 9.43. The van der Waals surface area contributed by atoms with E-state index in [9.17, 15) is 9.59 Å². The molecule has 0 atom stereocenters. The standard InChI is InChI=1S/C13H14O5/c1-17-11-5-3-9(4-6-11)7-10(13(15)16)8-12(14)18-2/h3-7H,8H2,1-2H3,(H,15,16)/b10-7-. The second kappa shape index (κ2) is 6.44. The Morgan fingerprint density at radius 3 is 2.28 bits per heavy atom. The Kier molecular flexibility index (Phi) is 4.92. The molecule has 0 bridgehead atoms. The van der Waals surface area contributed by atoms with Crippen LogP contribution in [-0.2, 0) is 14.3 Å². The van der Waals surface area contributed by atoms with Gasteiger partial charge in [-0.3, -0.25) is 4.79 Å². The van der Waals surface area contributed by atoms with E-state index in [1.165, 1.54) is 13.2 Å². The highest BCUT2D eigenvalue weighted by molar-refractivity contribution is 5.97. The Morgan fingerprint density at radius 2 is 1.83 bits per heavy atom. The number of carbonyl (C=O) groups is 2. The van der Waals surface area contributed by atoms with Gasteiger partial charge in [-0.05, 0) is 23.8 Å². The van der Waals surface area contributed by atoms with Crippen LogP contribution in [0, 0.1) is 0 Å². The molecule has 0 fully saturated rings. The van der Waals surface area contributed by atoms with Crippen molar-refractivity contribution in [3.8, 4) is 5.75 Å². The fourth-order valence-corrected chi connectivity index (χ4v) is 1.32. The van der Waals surface area contributed by atoms with Crippen LogP contribution in [0.4, 0.5) is 0 Å². The van der Waals surface area contributed by atoms with Crippen LogP contribution < -0.4 is 4.74 Å². The summed E-state index contributed by atoms with van der Waals surface area (Å²) in [5.74, 6) is -1.05. The monoisotopic (exact) mass is 250 g/mol. The van der Waals surface area contributed by atoms with E-state index >= 15 is 0 Å². The van der Waals surface area contributed by atoms with Gasteiger partial charge in [-0.1, -0.05) is 12.1 Å². The van der Waals surface area contributed by atoms with Gasteiger partial charge in [0, 0.05) is 5.57 Å². The molecule has 1 rings (SSSR count). The summed E-state index contributed by atoms with van der Waals surface area (Å²) in [6, 6.07) is 6.84. The smallest absolute Gasteiger partial charge is 0.332 e. The number of carbonyl (C=O) groups excluding carboxylic acids is 1. The number of carboxylic acid groups (broad SMARTS) is 1. The van der Waals surface area contributed by atoms with Crippen LogP contribution in [0.2, 0.25) is 0 Å². The molecule has 1 aromatic rings. The normalized spacial score (nSPS) is 10.9. The molecule has 0 radical (unpaired) electrons. The number of hydrogen-bond donors (Lipinski definition) is 1. The van der Waals surface area contributed by atoms with Crippen molar-refractivity contribution in [3.63, 3.8) is 0 Å². The predicted molar refractivity (Wildman–Crippen MR) is 65.2 cm³/mol. The van der Waals surface area contributed by atoms with Crippen LogP contribution in [0.1, 0.15) is 12.0 Å². The fraction of sp³-hybridized carbons (Fsp3) is 0.231. The van der Waals surface area contributed by atoms with E-state index in [4.69, 9.17) is 9.84 Å². The van der Waals surface area contributed by atoms with Crippen LogP contribution in [0.3, 0.4) is 0 Å². The quantitative estimate of drug-likeness (QED) is 0.636. The Morgan fingerprint density at radius 1 is 1.22 bits per heavy atom. The van der Waals surface area contributed by atoms with Crippen molar-refractivity contribution in [2.45, 2.75) is 6.42 Å². The zero-order valence-electron chi connectivity index (χ0n) is 10.2. The minimum absolute atomic E-state index is 0.0213. The number of carboxylic acids is 1. The van der Waals surface area contributed by atoms with E-state index in [0.717, 1.165) is 0 Å². The van der Waals surface area contributed by atoms with Crippen LogP contribution >= 0.6 is 0 Å². The van der Waals surface area contributed by atoms with E-state index in [1.807, 2.05) is 0 Å². The number of esters is 1. The number of hydrogen-bond acceptors (Lipinski definition) is 4. The maximum atomic E-state index is 11.1. The van der Waals surface area contributed by atoms with Crippen molar-refractivity contribution in [3.05, 3.63) is 35.4 Å². The van der Waals surface area contributed by atoms with Gasteiger partial charge in [-0.2, -0.15) is 0 Å². The zero-order chi connectivity index (χ0) is 13.5. The molecule has 0 saturated heterocycles. The second-order valence-electron chi connectivity index (χ2n) is 3.50. The first kappa shape index (κ1) is 13.8. The molecule has 0 aliphatic rings. The molecule has 5 nitrogen and oxygen atoms in total. The molecule has 18 heavy (non-hydrogen) atoms. The SMILES string of the molecule is COC(=O)C/C(=C/c1ccc(OC)cc1)C(=O)O. The molecule has 5 heteroatoms. The largest absolute Gasteiger partial charge is 0.497 e. The Hall–Kier alpha value is -2.30. The van der Waals surface area contributed by atoms with Gasteiger partial charge < -0.3 is 14.6 Å². The molecule has 1 N–H and O–H groups in total. The molecule has 0 amide bonds. The molecule has 0 aliphatic carbocycles. The summed E-state index contributed by atoms with van der Waals surface area (Å²) in [5.41, 5.74) is 0.657. The predicted octanol–water partition coefficient (Wildman–Crippen LogP) is 1.73. The zero-order valence-corrected chi connectivity index (χ0v) is 10.2. The average molecular weight is 250 g/mol. The first-order chi connectivity index (χ1) is 8.56. The van der Waals surface area contributed by atoms with Gasteiger partial charge in [0.25, 0.3) is 0 Å². The van der Waals surface area contributed by atoms with Gasteiger partial charge in [-0.15, -0.1) is 0 Å². The average Bonchev–Trinajstić information content (AvgIpc) is 2.38. The Balaban J connectivity index is 2.93. The lowest BCUT2D eigenvalue weighted by molar-refractivity contribution is -0.142. The van der Waals surface area contributed by atoms with Gasteiger partial charge in [0.2, 0.25) is 0 Å². The summed E-state index contributed by atoms with van der Waals surface area (Å²) in [6.45, 7) is 0. The molecule has 0 unspecified atom stereocenters. The van der Waals surface area contributed by atoms with Gasteiger partial charge >= 0.3 is 11.9 Å². The van der Waals surface area contributed by atoms with Crippen molar-refractivity contribution in [1.82, 2.24) is 0 Å². The van der Waals surface area contributed by atoms with E-state index in [1.54, 1.807) is 31.4 Å². The van der Waals surface area contributed by atoms with Crippen molar-refractivity contribution >= 4 is 18.0 Å². The van der Waals surface area contributed by atoms with E-state index in [2.05, 4.69) is 4.74 Å². The highest BCUT2D eigenvalue weighted by atomic mass is 16.5. The molecule has 96 valence electrons. The maximum Gasteiger partial charge on any atom is 0.332 e. The van der Waals surface area contributed by atoms with Crippen LogP contribution in [-0.4, -0.2) is 31.3 Å². The lowest BCUT2D eigenvalue weighted by Crippen LogP contribution is -2.08. The second-order valence-corrected chi connectivity index (χ2v) is 3.50. The number of benzene rings is 1. The first-order valence-electron chi connectivity index (χ1n) is 5.21. The number of aliphatic carboxylic acids is 1. The van der Waals surface area contributed by atoms with Gasteiger partial charge in [0.05, 0.1) is 20.6 Å². The third-order valence-electron chi connectivity index (χ3n) is 2.29. The summed E-state index contributed by atoms with van der Waals surface area (Å²) in [6.07, 6.45) is 1.16. The Labute approximate surface area is 105 Å².